The van der Waals surface area contributed by atoms with Gasteiger partial charge >= 0.3 is 0 Å². The van der Waals surface area contributed by atoms with Gasteiger partial charge in [0.25, 0.3) is 5.91 Å². The Morgan fingerprint density at radius 3 is 2.48 bits per heavy atom. The summed E-state index contributed by atoms with van der Waals surface area (Å²) >= 11 is 0. The van der Waals surface area contributed by atoms with Gasteiger partial charge in [-0.25, -0.2) is 0 Å². The van der Waals surface area contributed by atoms with E-state index >= 15 is 0 Å². The maximum absolute atomic E-state index is 13.0. The third kappa shape index (κ3) is 5.41. The predicted molar refractivity (Wildman–Crippen MR) is 118 cm³/mol. The molecule has 0 saturated carbocycles. The maximum atomic E-state index is 13.0. The van der Waals surface area contributed by atoms with Crippen molar-refractivity contribution in [1.82, 2.24) is 19.7 Å². The van der Waals surface area contributed by atoms with Crippen molar-refractivity contribution in [3.8, 4) is 5.75 Å². The van der Waals surface area contributed by atoms with Gasteiger partial charge < -0.3 is 19.4 Å². The van der Waals surface area contributed by atoms with E-state index in [0.29, 0.717) is 31.0 Å². The molecule has 0 aliphatic carbocycles. The quantitative estimate of drug-likeness (QED) is 0.740. The van der Waals surface area contributed by atoms with E-state index in [2.05, 4.69) is 16.9 Å². The summed E-state index contributed by atoms with van der Waals surface area (Å²) < 4.78 is 5.83. The van der Waals surface area contributed by atoms with E-state index in [-0.39, 0.29) is 17.7 Å². The topological polar surface area (TPSA) is 66.0 Å². The molecule has 2 aromatic rings. The average Bonchev–Trinajstić information content (AvgIpc) is 2.83. The van der Waals surface area contributed by atoms with Crippen LogP contribution in [-0.4, -0.2) is 77.8 Å². The minimum absolute atomic E-state index is 0.00248. The lowest BCUT2D eigenvalue weighted by Crippen LogP contribution is -2.51. The summed E-state index contributed by atoms with van der Waals surface area (Å²) in [5.41, 5.74) is 1.60. The molecule has 0 radical (unpaired) electrons. The van der Waals surface area contributed by atoms with Gasteiger partial charge in [-0.3, -0.25) is 14.6 Å². The van der Waals surface area contributed by atoms with Crippen LogP contribution in [0, 0.1) is 5.92 Å². The van der Waals surface area contributed by atoms with E-state index in [4.69, 9.17) is 4.74 Å². The number of pyridine rings is 1. The zero-order chi connectivity index (χ0) is 21.6. The van der Waals surface area contributed by atoms with E-state index in [1.165, 1.54) is 0 Å². The molecule has 7 heteroatoms. The van der Waals surface area contributed by atoms with Gasteiger partial charge in [-0.2, -0.15) is 0 Å². The molecule has 3 heterocycles. The first-order valence-electron chi connectivity index (χ1n) is 11.0. The third-order valence-corrected chi connectivity index (χ3v) is 6.16. The molecule has 0 spiro atoms. The molecule has 0 unspecified atom stereocenters. The van der Waals surface area contributed by atoms with Gasteiger partial charge in [0.1, 0.15) is 12.4 Å². The summed E-state index contributed by atoms with van der Waals surface area (Å²) in [5.74, 6) is 0.944. The highest BCUT2D eigenvalue weighted by atomic mass is 16.5. The molecule has 1 aromatic heterocycles. The summed E-state index contributed by atoms with van der Waals surface area (Å²) in [6, 6.07) is 11.1. The van der Waals surface area contributed by atoms with Crippen molar-refractivity contribution < 1.29 is 14.3 Å². The second-order valence-electron chi connectivity index (χ2n) is 8.37. The Balaban J connectivity index is 1.30. The molecule has 31 heavy (non-hydrogen) atoms. The molecule has 0 bridgehead atoms. The predicted octanol–water partition coefficient (Wildman–Crippen LogP) is 2.29. The Morgan fingerprint density at radius 1 is 1.00 bits per heavy atom. The molecule has 2 aliphatic rings. The van der Waals surface area contributed by atoms with Crippen molar-refractivity contribution in [3.05, 3.63) is 59.9 Å². The average molecular weight is 423 g/mol. The number of amides is 2. The maximum Gasteiger partial charge on any atom is 0.253 e. The van der Waals surface area contributed by atoms with Crippen LogP contribution in [0.2, 0.25) is 0 Å². The molecular weight excluding hydrogens is 392 g/mol. The molecule has 2 amide bonds. The molecule has 2 fully saturated rings. The minimum atomic E-state index is -0.00248. The number of rotatable bonds is 5. The van der Waals surface area contributed by atoms with Crippen LogP contribution in [0.5, 0.6) is 5.75 Å². The number of aromatic nitrogens is 1. The lowest BCUT2D eigenvalue weighted by molar-refractivity contribution is -0.138. The SMILES string of the molecule is CN1CCN(C(=O)C2CCN(C(=O)c3cccc(OCc4cccnc4)c3)CC2)CC1. The summed E-state index contributed by atoms with van der Waals surface area (Å²) in [4.78, 5) is 36.0. The number of likely N-dealkylation sites (tertiary alicyclic amines) is 1. The van der Waals surface area contributed by atoms with Crippen LogP contribution >= 0.6 is 0 Å². The van der Waals surface area contributed by atoms with Gasteiger partial charge in [-0.1, -0.05) is 12.1 Å². The van der Waals surface area contributed by atoms with Crippen molar-refractivity contribution in [2.45, 2.75) is 19.4 Å². The van der Waals surface area contributed by atoms with Gasteiger partial charge in [0, 0.05) is 68.7 Å². The normalized spacial score (nSPS) is 18.1. The number of carbonyl (C=O) groups is 2. The molecular formula is C24H30N4O3. The Labute approximate surface area is 183 Å². The number of piperazine rings is 1. The minimum Gasteiger partial charge on any atom is -0.489 e. The van der Waals surface area contributed by atoms with Crippen LogP contribution in [-0.2, 0) is 11.4 Å². The fraction of sp³-hybridized carbons (Fsp3) is 0.458. The van der Waals surface area contributed by atoms with E-state index in [0.717, 1.165) is 44.6 Å². The van der Waals surface area contributed by atoms with E-state index in [1.807, 2.05) is 40.1 Å². The van der Waals surface area contributed by atoms with Crippen LogP contribution in [0.3, 0.4) is 0 Å². The molecule has 2 aliphatic heterocycles. The standard InChI is InChI=1S/C24H30N4O3/c1-26-12-14-28(15-13-26)23(29)20-7-10-27(11-8-20)24(30)21-5-2-6-22(16-21)31-18-19-4-3-9-25-17-19/h2-6,9,16-17,20H,7-8,10-15,18H2,1H3. The Morgan fingerprint density at radius 2 is 1.77 bits per heavy atom. The van der Waals surface area contributed by atoms with E-state index in [1.54, 1.807) is 18.5 Å². The first-order valence-corrected chi connectivity index (χ1v) is 11.0. The molecule has 0 atom stereocenters. The van der Waals surface area contributed by atoms with Crippen LogP contribution in [0.4, 0.5) is 0 Å². The van der Waals surface area contributed by atoms with Gasteiger partial charge in [-0.15, -0.1) is 0 Å². The van der Waals surface area contributed by atoms with Gasteiger partial charge in [0.15, 0.2) is 0 Å². The van der Waals surface area contributed by atoms with Crippen molar-refractivity contribution >= 4 is 11.8 Å². The highest BCUT2D eigenvalue weighted by Crippen LogP contribution is 2.23. The lowest BCUT2D eigenvalue weighted by atomic mass is 9.94. The summed E-state index contributed by atoms with van der Waals surface area (Å²) in [5, 5.41) is 0. The lowest BCUT2D eigenvalue weighted by Gasteiger charge is -2.37. The van der Waals surface area contributed by atoms with Crippen molar-refractivity contribution in [2.24, 2.45) is 5.92 Å². The van der Waals surface area contributed by atoms with E-state index < -0.39 is 0 Å². The van der Waals surface area contributed by atoms with Gasteiger partial charge in [0.05, 0.1) is 0 Å². The molecule has 2 saturated heterocycles. The number of likely N-dealkylation sites (N-methyl/N-ethyl adjacent to an activating group) is 1. The molecule has 4 rings (SSSR count). The largest absolute Gasteiger partial charge is 0.489 e. The Bertz CT molecular complexity index is 889. The zero-order valence-electron chi connectivity index (χ0n) is 18.1. The van der Waals surface area contributed by atoms with Crippen LogP contribution in [0.1, 0.15) is 28.8 Å². The number of nitrogens with zero attached hydrogens (tertiary/aromatic N) is 4. The molecule has 7 nitrogen and oxygen atoms in total. The monoisotopic (exact) mass is 422 g/mol. The number of carbonyl (C=O) groups excluding carboxylic acids is 2. The smallest absolute Gasteiger partial charge is 0.253 e. The highest BCUT2D eigenvalue weighted by molar-refractivity contribution is 5.94. The van der Waals surface area contributed by atoms with Crippen LogP contribution in [0.15, 0.2) is 48.8 Å². The van der Waals surface area contributed by atoms with Gasteiger partial charge in [-0.05, 0) is 44.2 Å². The Kier molecular flexibility index (Phi) is 6.82. The first-order chi connectivity index (χ1) is 15.1. The van der Waals surface area contributed by atoms with E-state index in [9.17, 15) is 9.59 Å². The molecule has 1 aromatic carbocycles. The third-order valence-electron chi connectivity index (χ3n) is 6.16. The zero-order valence-corrected chi connectivity index (χ0v) is 18.1. The van der Waals surface area contributed by atoms with Crippen LogP contribution < -0.4 is 4.74 Å². The number of ether oxygens (including phenoxy) is 1. The fourth-order valence-electron chi connectivity index (χ4n) is 4.17. The Hall–Kier alpha value is -2.93. The second kappa shape index (κ2) is 9.92. The van der Waals surface area contributed by atoms with Crippen LogP contribution in [0.25, 0.3) is 0 Å². The first kappa shape index (κ1) is 21.3. The summed E-state index contributed by atoms with van der Waals surface area (Å²) in [6.45, 7) is 5.12. The van der Waals surface area contributed by atoms with Gasteiger partial charge in [0.2, 0.25) is 5.91 Å². The number of piperidine rings is 1. The highest BCUT2D eigenvalue weighted by Gasteiger charge is 2.31. The number of benzene rings is 1. The number of hydrogen-bond acceptors (Lipinski definition) is 5. The van der Waals surface area contributed by atoms with Crippen molar-refractivity contribution in [3.63, 3.8) is 0 Å². The van der Waals surface area contributed by atoms with Crippen molar-refractivity contribution in [2.75, 3.05) is 46.3 Å². The fourth-order valence-corrected chi connectivity index (χ4v) is 4.17. The van der Waals surface area contributed by atoms with Crippen molar-refractivity contribution in [1.29, 1.82) is 0 Å². The second-order valence-corrected chi connectivity index (χ2v) is 8.37. The number of hydrogen-bond donors (Lipinski definition) is 0. The molecule has 0 N–H and O–H groups in total. The summed E-state index contributed by atoms with van der Waals surface area (Å²) in [7, 11) is 2.09. The summed E-state index contributed by atoms with van der Waals surface area (Å²) in [6.07, 6.45) is 4.95. The molecule has 164 valence electrons.